The van der Waals surface area contributed by atoms with E-state index in [0.29, 0.717) is 39.7 Å². The molecule has 36 heavy (non-hydrogen) atoms. The summed E-state index contributed by atoms with van der Waals surface area (Å²) in [5.74, 6) is 0.715. The number of pyridine rings is 1. The Labute approximate surface area is 207 Å². The predicted molar refractivity (Wildman–Crippen MR) is 136 cm³/mol. The third-order valence-corrected chi connectivity index (χ3v) is 5.89. The monoisotopic (exact) mass is 480 g/mol. The molecule has 5 aromatic rings. The molecule has 0 N–H and O–H groups in total. The Balaban J connectivity index is 1.49. The first kappa shape index (κ1) is 23.0. The fourth-order valence-corrected chi connectivity index (χ4v) is 4.10. The third-order valence-electron chi connectivity index (χ3n) is 5.89. The molecule has 0 aliphatic heterocycles. The summed E-state index contributed by atoms with van der Waals surface area (Å²) in [6, 6.07) is 21.9. The number of carbonyl (C=O) groups is 1. The highest BCUT2D eigenvalue weighted by Crippen LogP contribution is 2.24. The lowest BCUT2D eigenvalue weighted by atomic mass is 10.1. The summed E-state index contributed by atoms with van der Waals surface area (Å²) in [7, 11) is 1.55. The Morgan fingerprint density at radius 2 is 1.78 bits per heavy atom. The van der Waals surface area contributed by atoms with Crippen molar-refractivity contribution >= 4 is 11.4 Å². The molecule has 0 unspecified atom stereocenters. The van der Waals surface area contributed by atoms with E-state index in [4.69, 9.17) is 9.47 Å². The molecule has 0 saturated heterocycles. The maximum atomic E-state index is 13.5. The number of methoxy groups -OCH3 is 1. The fraction of sp³-hybridized carbons (Fsp3) is 0.143. The molecule has 0 saturated carbocycles. The zero-order valence-corrected chi connectivity index (χ0v) is 20.1. The maximum absolute atomic E-state index is 13.5. The molecule has 0 bridgehead atoms. The van der Waals surface area contributed by atoms with Gasteiger partial charge >= 0.3 is 0 Å². The number of aromatic nitrogens is 4. The number of fused-ring (bicyclic) bond motifs is 1. The molecule has 0 spiro atoms. The minimum absolute atomic E-state index is 0.204. The summed E-state index contributed by atoms with van der Waals surface area (Å²) in [4.78, 5) is 30.9. The number of hydrogen-bond donors (Lipinski definition) is 0. The molecule has 0 aliphatic carbocycles. The molecule has 0 atom stereocenters. The van der Waals surface area contributed by atoms with Crippen molar-refractivity contribution in [3.63, 3.8) is 0 Å². The van der Waals surface area contributed by atoms with Crippen molar-refractivity contribution in [1.82, 2.24) is 19.2 Å². The van der Waals surface area contributed by atoms with Crippen molar-refractivity contribution in [3.05, 3.63) is 106 Å². The lowest BCUT2D eigenvalue weighted by Gasteiger charge is -2.11. The number of rotatable bonds is 7. The summed E-state index contributed by atoms with van der Waals surface area (Å²) in [6.07, 6.45) is 1.63. The summed E-state index contributed by atoms with van der Waals surface area (Å²) in [5.41, 5.74) is 3.82. The van der Waals surface area contributed by atoms with E-state index in [9.17, 15) is 9.59 Å². The average Bonchev–Trinajstić information content (AvgIpc) is 3.28. The van der Waals surface area contributed by atoms with Gasteiger partial charge in [-0.05, 0) is 56.3 Å². The van der Waals surface area contributed by atoms with Crippen molar-refractivity contribution in [2.75, 3.05) is 13.7 Å². The number of carbonyl (C=O) groups excluding carboxylic acids is 1. The molecule has 8 heteroatoms. The molecular weight excluding hydrogens is 456 g/mol. The average molecular weight is 481 g/mol. The molecule has 3 heterocycles. The van der Waals surface area contributed by atoms with E-state index in [0.717, 1.165) is 11.4 Å². The number of ketones is 1. The molecular formula is C28H24N4O4. The highest BCUT2D eigenvalue weighted by Gasteiger charge is 2.19. The molecule has 2 aromatic carbocycles. The number of ether oxygens (including phenoxy) is 2. The topological polar surface area (TPSA) is 87.7 Å². The zero-order valence-electron chi connectivity index (χ0n) is 20.1. The number of nitrogens with zero attached hydrogens (tertiary/aromatic N) is 4. The van der Waals surface area contributed by atoms with Gasteiger partial charge in [0.25, 0.3) is 5.56 Å². The van der Waals surface area contributed by atoms with Crippen LogP contribution < -0.4 is 15.0 Å². The molecule has 0 radical (unpaired) electrons. The van der Waals surface area contributed by atoms with Crippen LogP contribution in [-0.4, -0.2) is 38.7 Å². The molecule has 5 rings (SSSR count). The minimum atomic E-state index is -0.264. The smallest absolute Gasteiger partial charge is 0.267 e. The maximum Gasteiger partial charge on any atom is 0.267 e. The van der Waals surface area contributed by atoms with Crippen molar-refractivity contribution in [3.8, 4) is 28.4 Å². The summed E-state index contributed by atoms with van der Waals surface area (Å²) >= 11 is 0. The number of benzene rings is 2. The Kier molecular flexibility index (Phi) is 6.08. The van der Waals surface area contributed by atoms with Crippen molar-refractivity contribution in [2.24, 2.45) is 0 Å². The number of aryl methyl sites for hydroxylation is 2. The standard InChI is InChI=1S/C28H24N4O4/c1-18-15-23(30-32(18)21-10-5-4-6-11-21)26-19(2)29-27-25(13-8-14-31(27)28(26)34)36-17-24(33)20-9-7-12-22(16-20)35-3/h4-16H,17H2,1-3H3. The second-order valence-corrected chi connectivity index (χ2v) is 8.31. The Bertz CT molecular complexity index is 1640. The van der Waals surface area contributed by atoms with Gasteiger partial charge in [-0.2, -0.15) is 5.10 Å². The Hall–Kier alpha value is -4.72. The first-order valence-electron chi connectivity index (χ1n) is 11.4. The van der Waals surface area contributed by atoms with Gasteiger partial charge in [-0.15, -0.1) is 0 Å². The van der Waals surface area contributed by atoms with Crippen LogP contribution in [-0.2, 0) is 0 Å². The van der Waals surface area contributed by atoms with E-state index in [-0.39, 0.29) is 17.9 Å². The molecule has 3 aromatic heterocycles. The van der Waals surface area contributed by atoms with E-state index >= 15 is 0 Å². The van der Waals surface area contributed by atoms with Crippen LogP contribution in [0, 0.1) is 13.8 Å². The van der Waals surface area contributed by atoms with E-state index < -0.39 is 0 Å². The lowest BCUT2D eigenvalue weighted by molar-refractivity contribution is 0.0922. The normalized spacial score (nSPS) is 11.0. The van der Waals surface area contributed by atoms with Gasteiger partial charge in [-0.25, -0.2) is 9.67 Å². The number of para-hydroxylation sites is 1. The van der Waals surface area contributed by atoms with Crippen LogP contribution in [0.25, 0.3) is 22.6 Å². The highest BCUT2D eigenvalue weighted by atomic mass is 16.5. The van der Waals surface area contributed by atoms with Gasteiger partial charge in [0.15, 0.2) is 23.8 Å². The first-order chi connectivity index (χ1) is 17.5. The Morgan fingerprint density at radius 3 is 2.56 bits per heavy atom. The molecule has 180 valence electrons. The van der Waals surface area contributed by atoms with Gasteiger partial charge in [-0.1, -0.05) is 30.3 Å². The minimum Gasteiger partial charge on any atom is -0.497 e. The van der Waals surface area contributed by atoms with Crippen LogP contribution in [0.15, 0.2) is 83.8 Å². The summed E-state index contributed by atoms with van der Waals surface area (Å²) < 4.78 is 14.2. The molecule has 0 fully saturated rings. The molecule has 0 amide bonds. The van der Waals surface area contributed by atoms with Gasteiger partial charge in [0.2, 0.25) is 0 Å². The summed E-state index contributed by atoms with van der Waals surface area (Å²) in [6.45, 7) is 3.51. The molecule has 0 aliphatic rings. The third kappa shape index (κ3) is 4.24. The van der Waals surface area contributed by atoms with Crippen molar-refractivity contribution in [2.45, 2.75) is 13.8 Å². The van der Waals surface area contributed by atoms with Crippen LogP contribution in [0.1, 0.15) is 21.7 Å². The van der Waals surface area contributed by atoms with E-state index in [1.807, 2.05) is 43.3 Å². The highest BCUT2D eigenvalue weighted by molar-refractivity contribution is 5.97. The predicted octanol–water partition coefficient (Wildman–Crippen LogP) is 4.43. The second kappa shape index (κ2) is 9.50. The van der Waals surface area contributed by atoms with E-state index in [1.54, 1.807) is 61.3 Å². The lowest BCUT2D eigenvalue weighted by Crippen LogP contribution is -2.20. The number of Topliss-reactive ketones (excluding diaryl/α,β-unsaturated/α-hetero) is 1. The van der Waals surface area contributed by atoms with Crippen LogP contribution in [0.2, 0.25) is 0 Å². The van der Waals surface area contributed by atoms with Gasteiger partial charge in [0.05, 0.1) is 24.1 Å². The largest absolute Gasteiger partial charge is 0.497 e. The molecule has 8 nitrogen and oxygen atoms in total. The van der Waals surface area contributed by atoms with Crippen LogP contribution in [0.4, 0.5) is 0 Å². The zero-order chi connectivity index (χ0) is 25.2. The van der Waals surface area contributed by atoms with E-state index in [1.165, 1.54) is 4.40 Å². The second-order valence-electron chi connectivity index (χ2n) is 8.31. The number of hydrogen-bond acceptors (Lipinski definition) is 6. The Morgan fingerprint density at radius 1 is 0.972 bits per heavy atom. The van der Waals surface area contributed by atoms with Gasteiger partial charge in [-0.3, -0.25) is 14.0 Å². The van der Waals surface area contributed by atoms with Crippen molar-refractivity contribution in [1.29, 1.82) is 0 Å². The quantitative estimate of drug-likeness (QED) is 0.320. The van der Waals surface area contributed by atoms with Gasteiger partial charge < -0.3 is 9.47 Å². The van der Waals surface area contributed by atoms with E-state index in [2.05, 4.69) is 10.1 Å². The van der Waals surface area contributed by atoms with Gasteiger partial charge in [0, 0.05) is 17.5 Å². The van der Waals surface area contributed by atoms with Gasteiger partial charge in [0.1, 0.15) is 11.4 Å². The van der Waals surface area contributed by atoms with Crippen LogP contribution in [0.5, 0.6) is 11.5 Å². The first-order valence-corrected chi connectivity index (χ1v) is 11.4. The SMILES string of the molecule is COc1cccc(C(=O)COc2cccn3c(=O)c(-c4cc(C)n(-c5ccccc5)n4)c(C)nc23)c1. The van der Waals surface area contributed by atoms with Crippen LogP contribution >= 0.6 is 0 Å². The van der Waals surface area contributed by atoms with Crippen molar-refractivity contribution < 1.29 is 14.3 Å². The van der Waals surface area contributed by atoms with Crippen LogP contribution in [0.3, 0.4) is 0 Å². The fourth-order valence-electron chi connectivity index (χ4n) is 4.10. The summed E-state index contributed by atoms with van der Waals surface area (Å²) in [5, 5.41) is 4.69.